The minimum absolute atomic E-state index is 0.291. The Bertz CT molecular complexity index is 588. The summed E-state index contributed by atoms with van der Waals surface area (Å²) in [6.45, 7) is 3.01. The van der Waals surface area contributed by atoms with Gasteiger partial charge >= 0.3 is 0 Å². The minimum Gasteiger partial charge on any atom is -0.484 e. The van der Waals surface area contributed by atoms with Gasteiger partial charge in [-0.15, -0.1) is 0 Å². The molecule has 0 radical (unpaired) electrons. The zero-order valence-electron chi connectivity index (χ0n) is 9.80. The van der Waals surface area contributed by atoms with E-state index in [0.29, 0.717) is 22.9 Å². The average molecular weight is 263 g/mol. The molecule has 2 rings (SSSR count). The van der Waals surface area contributed by atoms with Crippen LogP contribution in [0, 0.1) is 11.3 Å². The van der Waals surface area contributed by atoms with Gasteiger partial charge in [-0.25, -0.2) is 9.67 Å². The lowest BCUT2D eigenvalue weighted by molar-refractivity contribution is 0.287. The number of aromatic nitrogens is 3. The lowest BCUT2D eigenvalue weighted by Gasteiger charge is -2.08. The molecule has 5 nitrogen and oxygen atoms in total. The van der Waals surface area contributed by atoms with Gasteiger partial charge in [0.15, 0.2) is 5.82 Å². The number of nitrogens with zero attached hydrogens (tertiary/aromatic N) is 4. The summed E-state index contributed by atoms with van der Waals surface area (Å²) in [5.41, 5.74) is 0.504. The van der Waals surface area contributed by atoms with E-state index >= 15 is 0 Å². The molecule has 0 fully saturated rings. The van der Waals surface area contributed by atoms with Gasteiger partial charge in [-0.2, -0.15) is 10.4 Å². The van der Waals surface area contributed by atoms with E-state index in [1.807, 2.05) is 13.0 Å². The van der Waals surface area contributed by atoms with Crippen molar-refractivity contribution in [2.45, 2.75) is 20.1 Å². The fourth-order valence-electron chi connectivity index (χ4n) is 1.49. The van der Waals surface area contributed by atoms with Crippen LogP contribution in [0.15, 0.2) is 24.5 Å². The summed E-state index contributed by atoms with van der Waals surface area (Å²) in [6.07, 6.45) is 1.49. The Labute approximate surface area is 110 Å². The molecule has 0 amide bonds. The molecule has 2 aromatic rings. The SMILES string of the molecule is CCn1ncnc1COc1ccc(C#N)cc1Cl. The van der Waals surface area contributed by atoms with E-state index in [1.54, 1.807) is 22.9 Å². The Hall–Kier alpha value is -2.06. The van der Waals surface area contributed by atoms with E-state index in [9.17, 15) is 0 Å². The monoisotopic (exact) mass is 262 g/mol. The summed E-state index contributed by atoms with van der Waals surface area (Å²) in [5, 5.41) is 13.2. The highest BCUT2D eigenvalue weighted by atomic mass is 35.5. The van der Waals surface area contributed by atoms with Gasteiger partial charge in [0.2, 0.25) is 0 Å². The molecule has 6 heteroatoms. The zero-order valence-corrected chi connectivity index (χ0v) is 10.6. The summed E-state index contributed by atoms with van der Waals surface area (Å²) < 4.78 is 7.31. The summed E-state index contributed by atoms with van der Waals surface area (Å²) in [4.78, 5) is 4.10. The van der Waals surface area contributed by atoms with Crippen molar-refractivity contribution < 1.29 is 4.74 Å². The van der Waals surface area contributed by atoms with Crippen LogP contribution in [0.2, 0.25) is 5.02 Å². The number of rotatable bonds is 4. The van der Waals surface area contributed by atoms with Gasteiger partial charge < -0.3 is 4.74 Å². The highest BCUT2D eigenvalue weighted by Gasteiger charge is 2.06. The predicted molar refractivity (Wildman–Crippen MR) is 66.2 cm³/mol. The van der Waals surface area contributed by atoms with E-state index in [0.717, 1.165) is 12.4 Å². The highest BCUT2D eigenvalue weighted by Crippen LogP contribution is 2.25. The van der Waals surface area contributed by atoms with Crippen molar-refractivity contribution in [2.24, 2.45) is 0 Å². The molecular weight excluding hydrogens is 252 g/mol. The molecule has 0 aliphatic carbocycles. The van der Waals surface area contributed by atoms with Crippen molar-refractivity contribution in [1.29, 1.82) is 5.26 Å². The third-order valence-corrected chi connectivity index (χ3v) is 2.71. The van der Waals surface area contributed by atoms with E-state index in [4.69, 9.17) is 21.6 Å². The van der Waals surface area contributed by atoms with Crippen molar-refractivity contribution in [3.8, 4) is 11.8 Å². The van der Waals surface area contributed by atoms with E-state index < -0.39 is 0 Å². The molecule has 1 aromatic carbocycles. The average Bonchev–Trinajstić information content (AvgIpc) is 2.84. The second-order valence-corrected chi connectivity index (χ2v) is 3.94. The first-order valence-corrected chi connectivity index (χ1v) is 5.81. The second kappa shape index (κ2) is 5.52. The van der Waals surface area contributed by atoms with Gasteiger partial charge in [0, 0.05) is 6.54 Å². The van der Waals surface area contributed by atoms with Crippen molar-refractivity contribution in [3.05, 3.63) is 40.9 Å². The minimum atomic E-state index is 0.291. The molecule has 0 spiro atoms. The number of hydrogen-bond donors (Lipinski definition) is 0. The smallest absolute Gasteiger partial charge is 0.164 e. The Morgan fingerprint density at radius 1 is 1.50 bits per heavy atom. The summed E-state index contributed by atoms with van der Waals surface area (Å²) in [6, 6.07) is 6.92. The quantitative estimate of drug-likeness (QED) is 0.849. The second-order valence-electron chi connectivity index (χ2n) is 3.54. The maximum atomic E-state index is 8.73. The van der Waals surface area contributed by atoms with Crippen molar-refractivity contribution in [2.75, 3.05) is 0 Å². The van der Waals surface area contributed by atoms with Gasteiger partial charge in [0.1, 0.15) is 18.7 Å². The van der Waals surface area contributed by atoms with Crippen LogP contribution in [0.4, 0.5) is 0 Å². The Kier molecular flexibility index (Phi) is 3.80. The highest BCUT2D eigenvalue weighted by molar-refractivity contribution is 6.32. The topological polar surface area (TPSA) is 63.7 Å². The third-order valence-electron chi connectivity index (χ3n) is 2.41. The first kappa shape index (κ1) is 12.4. The van der Waals surface area contributed by atoms with Gasteiger partial charge in [0.25, 0.3) is 0 Å². The van der Waals surface area contributed by atoms with E-state index in [1.165, 1.54) is 6.33 Å². The molecule has 0 bridgehead atoms. The standard InChI is InChI=1S/C12H11ClN4O/c1-2-17-12(15-8-16-17)7-18-11-4-3-9(6-14)5-10(11)13/h3-5,8H,2,7H2,1H3. The molecule has 0 aliphatic rings. The number of hydrogen-bond acceptors (Lipinski definition) is 4. The van der Waals surface area contributed by atoms with E-state index in [2.05, 4.69) is 10.1 Å². The molecule has 92 valence electrons. The van der Waals surface area contributed by atoms with Gasteiger partial charge in [-0.3, -0.25) is 0 Å². The van der Waals surface area contributed by atoms with Crippen LogP contribution in [0.3, 0.4) is 0 Å². The Morgan fingerprint density at radius 2 is 2.33 bits per heavy atom. The summed E-state index contributed by atoms with van der Waals surface area (Å²) >= 11 is 6.00. The molecule has 0 saturated carbocycles. The van der Waals surface area contributed by atoms with Gasteiger partial charge in [-0.05, 0) is 25.1 Å². The number of benzene rings is 1. The van der Waals surface area contributed by atoms with Crippen molar-refractivity contribution >= 4 is 11.6 Å². The molecule has 1 aromatic heterocycles. The van der Waals surface area contributed by atoms with Crippen LogP contribution in [-0.4, -0.2) is 14.8 Å². The van der Waals surface area contributed by atoms with Gasteiger partial charge in [-0.1, -0.05) is 11.6 Å². The number of halogens is 1. The van der Waals surface area contributed by atoms with Crippen LogP contribution < -0.4 is 4.74 Å². The molecule has 0 saturated heterocycles. The molecule has 18 heavy (non-hydrogen) atoms. The predicted octanol–water partition coefficient (Wildman–Crippen LogP) is 2.40. The van der Waals surface area contributed by atoms with Crippen molar-refractivity contribution in [1.82, 2.24) is 14.8 Å². The van der Waals surface area contributed by atoms with Crippen LogP contribution in [-0.2, 0) is 13.2 Å². The molecule has 1 heterocycles. The van der Waals surface area contributed by atoms with Crippen LogP contribution in [0.5, 0.6) is 5.75 Å². The normalized spacial score (nSPS) is 10.1. The Balaban J connectivity index is 2.09. The fraction of sp³-hybridized carbons (Fsp3) is 0.250. The first-order chi connectivity index (χ1) is 8.74. The summed E-state index contributed by atoms with van der Waals surface area (Å²) in [7, 11) is 0. The van der Waals surface area contributed by atoms with Crippen LogP contribution >= 0.6 is 11.6 Å². The van der Waals surface area contributed by atoms with Crippen molar-refractivity contribution in [3.63, 3.8) is 0 Å². The third kappa shape index (κ3) is 2.60. The van der Waals surface area contributed by atoms with E-state index in [-0.39, 0.29) is 0 Å². The first-order valence-electron chi connectivity index (χ1n) is 5.43. The number of nitriles is 1. The fourth-order valence-corrected chi connectivity index (χ4v) is 1.73. The summed E-state index contributed by atoms with van der Waals surface area (Å²) in [5.74, 6) is 1.26. The lowest BCUT2D eigenvalue weighted by atomic mass is 10.2. The Morgan fingerprint density at radius 3 is 3.00 bits per heavy atom. The number of aryl methyl sites for hydroxylation is 1. The lowest BCUT2D eigenvalue weighted by Crippen LogP contribution is -2.07. The molecule has 0 N–H and O–H groups in total. The number of ether oxygens (including phenoxy) is 1. The maximum absolute atomic E-state index is 8.73. The van der Waals surface area contributed by atoms with Gasteiger partial charge in [0.05, 0.1) is 16.7 Å². The maximum Gasteiger partial charge on any atom is 0.164 e. The van der Waals surface area contributed by atoms with Crippen LogP contribution in [0.25, 0.3) is 0 Å². The zero-order chi connectivity index (χ0) is 13.0. The molecule has 0 aliphatic heterocycles. The largest absolute Gasteiger partial charge is 0.484 e. The molecular formula is C12H11ClN4O. The molecule has 0 unspecified atom stereocenters. The van der Waals surface area contributed by atoms with Crippen LogP contribution in [0.1, 0.15) is 18.3 Å². The molecule has 0 atom stereocenters.